The molecule has 0 saturated heterocycles. The largest absolute Gasteiger partial charge is 0.496 e. The lowest BCUT2D eigenvalue weighted by molar-refractivity contribution is 0.412. The van der Waals surface area contributed by atoms with E-state index < -0.39 is 11.2 Å². The molecule has 1 aromatic carbocycles. The highest BCUT2D eigenvalue weighted by Gasteiger charge is 2.20. The summed E-state index contributed by atoms with van der Waals surface area (Å²) in [5.74, 6) is 1.02. The fourth-order valence-electron chi connectivity index (χ4n) is 2.59. The number of aromatic nitrogens is 4. The van der Waals surface area contributed by atoms with Crippen LogP contribution in [-0.2, 0) is 13.6 Å². The second-order valence-electron chi connectivity index (χ2n) is 5.10. The Morgan fingerprint density at radius 1 is 1.23 bits per heavy atom. The lowest BCUT2D eigenvalue weighted by atomic mass is 10.1. The Kier molecular flexibility index (Phi) is 3.20. The van der Waals surface area contributed by atoms with Crippen LogP contribution in [0.4, 0.5) is 0 Å². The van der Waals surface area contributed by atoms with Gasteiger partial charge in [0, 0.05) is 19.7 Å². The molecule has 0 atom stereocenters. The van der Waals surface area contributed by atoms with Crippen LogP contribution >= 0.6 is 0 Å². The maximum atomic E-state index is 12.3. The molecule has 0 unspecified atom stereocenters. The minimum Gasteiger partial charge on any atom is -0.496 e. The van der Waals surface area contributed by atoms with E-state index in [1.54, 1.807) is 7.11 Å². The van der Waals surface area contributed by atoms with E-state index in [9.17, 15) is 9.59 Å². The molecule has 1 aromatic rings. The summed E-state index contributed by atoms with van der Waals surface area (Å²) in [6.07, 6.45) is 0. The third-order valence-electron chi connectivity index (χ3n) is 3.79. The molecule has 7 heteroatoms. The molecule has 2 aliphatic rings. The summed E-state index contributed by atoms with van der Waals surface area (Å²) in [5.41, 5.74) is 1.55. The molecular weight excluding hydrogens is 284 g/mol. The van der Waals surface area contributed by atoms with Gasteiger partial charge in [-0.1, -0.05) is 0 Å². The van der Waals surface area contributed by atoms with Crippen molar-refractivity contribution in [3.05, 3.63) is 38.5 Å². The van der Waals surface area contributed by atoms with Crippen molar-refractivity contribution in [2.45, 2.75) is 20.4 Å². The molecule has 114 valence electrons. The molecule has 0 N–H and O–H groups in total. The van der Waals surface area contributed by atoms with Crippen LogP contribution in [0.5, 0.6) is 5.75 Å². The molecule has 0 fully saturated rings. The molecule has 3 rings (SSSR count). The Bertz CT molecular complexity index is 971. The van der Waals surface area contributed by atoms with Crippen molar-refractivity contribution < 1.29 is 4.74 Å². The average Bonchev–Trinajstić information content (AvgIpc) is 2.51. The third-order valence-corrected chi connectivity index (χ3v) is 3.79. The Hall–Kier alpha value is -2.70. The summed E-state index contributed by atoms with van der Waals surface area (Å²) in [6.45, 7) is 4.40. The predicted molar refractivity (Wildman–Crippen MR) is 82.6 cm³/mol. The van der Waals surface area contributed by atoms with Crippen LogP contribution in [-0.4, -0.2) is 26.2 Å². The van der Waals surface area contributed by atoms with Crippen molar-refractivity contribution in [1.82, 2.24) is 19.1 Å². The molecule has 22 heavy (non-hydrogen) atoms. The van der Waals surface area contributed by atoms with E-state index in [0.717, 1.165) is 21.4 Å². The zero-order valence-electron chi connectivity index (χ0n) is 12.9. The van der Waals surface area contributed by atoms with Crippen molar-refractivity contribution >= 4 is 11.0 Å². The molecule has 0 bridgehead atoms. The number of ether oxygens (including phenoxy) is 1. The van der Waals surface area contributed by atoms with E-state index in [0.29, 0.717) is 17.9 Å². The zero-order chi connectivity index (χ0) is 16.0. The number of hydrogen-bond donors (Lipinski definition) is 0. The van der Waals surface area contributed by atoms with Gasteiger partial charge in [0.15, 0.2) is 11.5 Å². The summed E-state index contributed by atoms with van der Waals surface area (Å²) in [6, 6.07) is 3.72. The highest BCUT2D eigenvalue weighted by molar-refractivity contribution is 5.81. The minimum absolute atomic E-state index is 0.195. The maximum Gasteiger partial charge on any atom is 0.352 e. The molecule has 0 aromatic heterocycles. The maximum absolute atomic E-state index is 12.3. The van der Waals surface area contributed by atoms with Crippen LogP contribution in [0.15, 0.2) is 21.7 Å². The molecule has 2 aliphatic heterocycles. The quantitative estimate of drug-likeness (QED) is 0.658. The molecule has 0 amide bonds. The van der Waals surface area contributed by atoms with E-state index in [2.05, 4.69) is 9.97 Å². The van der Waals surface area contributed by atoms with Crippen LogP contribution in [0.1, 0.15) is 12.5 Å². The lowest BCUT2D eigenvalue weighted by Crippen LogP contribution is -2.36. The van der Waals surface area contributed by atoms with Gasteiger partial charge in [0.1, 0.15) is 5.75 Å². The summed E-state index contributed by atoms with van der Waals surface area (Å²) in [4.78, 5) is 32.5. The number of benzene rings is 1. The van der Waals surface area contributed by atoms with Gasteiger partial charge in [-0.2, -0.15) is 4.98 Å². The number of fused-ring (bicyclic) bond motifs is 2. The topological polar surface area (TPSA) is 79.0 Å². The monoisotopic (exact) mass is 300 g/mol. The lowest BCUT2D eigenvalue weighted by Gasteiger charge is -2.17. The van der Waals surface area contributed by atoms with Crippen LogP contribution in [0.3, 0.4) is 0 Å². The summed E-state index contributed by atoms with van der Waals surface area (Å²) < 4.78 is 8.12. The van der Waals surface area contributed by atoms with Gasteiger partial charge in [0.2, 0.25) is 0 Å². The Labute approximate surface area is 126 Å². The van der Waals surface area contributed by atoms with Gasteiger partial charge in [-0.25, -0.2) is 9.78 Å². The van der Waals surface area contributed by atoms with Crippen molar-refractivity contribution in [3.8, 4) is 17.3 Å². The molecule has 2 heterocycles. The Morgan fingerprint density at radius 3 is 2.59 bits per heavy atom. The summed E-state index contributed by atoms with van der Waals surface area (Å²) in [7, 11) is 3.00. The van der Waals surface area contributed by atoms with Gasteiger partial charge in [-0.3, -0.25) is 9.36 Å². The van der Waals surface area contributed by atoms with Gasteiger partial charge >= 0.3 is 5.69 Å². The average molecular weight is 300 g/mol. The Morgan fingerprint density at radius 2 is 1.95 bits per heavy atom. The van der Waals surface area contributed by atoms with Crippen LogP contribution in [0.2, 0.25) is 0 Å². The first-order valence-electron chi connectivity index (χ1n) is 6.93. The molecule has 0 aliphatic carbocycles. The van der Waals surface area contributed by atoms with Gasteiger partial charge in [-0.05, 0) is 25.5 Å². The van der Waals surface area contributed by atoms with Crippen LogP contribution in [0, 0.1) is 6.92 Å². The smallest absolute Gasteiger partial charge is 0.352 e. The molecule has 0 saturated carbocycles. The second kappa shape index (κ2) is 4.94. The number of rotatable bonds is 2. The predicted octanol–water partition coefficient (Wildman–Crippen LogP) is 0.932. The first-order chi connectivity index (χ1) is 10.5. The second-order valence-corrected chi connectivity index (χ2v) is 5.10. The van der Waals surface area contributed by atoms with Crippen molar-refractivity contribution in [2.24, 2.45) is 7.05 Å². The van der Waals surface area contributed by atoms with Crippen molar-refractivity contribution in [1.29, 1.82) is 0 Å². The zero-order valence-corrected chi connectivity index (χ0v) is 12.9. The Balaban J connectivity index is 2.58. The number of nitrogens with zero attached hydrogens (tertiary/aromatic N) is 4. The van der Waals surface area contributed by atoms with E-state index in [4.69, 9.17) is 4.74 Å². The van der Waals surface area contributed by atoms with E-state index >= 15 is 0 Å². The van der Waals surface area contributed by atoms with Crippen molar-refractivity contribution in [3.63, 3.8) is 0 Å². The van der Waals surface area contributed by atoms with Gasteiger partial charge in [0.25, 0.3) is 5.56 Å². The number of hydrogen-bond acceptors (Lipinski definition) is 5. The molecule has 0 spiro atoms. The van der Waals surface area contributed by atoms with Gasteiger partial charge in [0.05, 0.1) is 18.1 Å². The van der Waals surface area contributed by atoms with E-state index in [-0.39, 0.29) is 5.69 Å². The SMILES string of the molecule is CCn1c2nc(=O)n(C)c(=O)c-2nc2cc(C)c(OC)cc21. The molecular formula is C15H16N4O3. The fourth-order valence-corrected chi connectivity index (χ4v) is 2.59. The third kappa shape index (κ3) is 1.89. The van der Waals surface area contributed by atoms with Gasteiger partial charge < -0.3 is 9.30 Å². The fraction of sp³-hybridized carbons (Fsp3) is 0.333. The van der Waals surface area contributed by atoms with E-state index in [1.807, 2.05) is 30.5 Å². The highest BCUT2D eigenvalue weighted by atomic mass is 16.5. The first-order valence-corrected chi connectivity index (χ1v) is 6.93. The van der Waals surface area contributed by atoms with Crippen molar-refractivity contribution in [2.75, 3.05) is 7.11 Å². The van der Waals surface area contributed by atoms with Gasteiger partial charge in [-0.15, -0.1) is 0 Å². The summed E-state index contributed by atoms with van der Waals surface area (Å²) in [5, 5.41) is 0. The van der Waals surface area contributed by atoms with Crippen LogP contribution in [0.25, 0.3) is 22.6 Å². The molecule has 7 nitrogen and oxygen atoms in total. The van der Waals surface area contributed by atoms with E-state index in [1.165, 1.54) is 7.05 Å². The normalized spacial score (nSPS) is 11.3. The van der Waals surface area contributed by atoms with Crippen LogP contribution < -0.4 is 16.0 Å². The first kappa shape index (κ1) is 14.2. The number of aryl methyl sites for hydroxylation is 2. The standard InChI is InChI=1S/C15H16N4O3/c1-5-19-10-7-11(22-4)8(2)6-9(10)16-12-13(19)17-15(21)18(3)14(12)20/h6-7H,5H2,1-4H3. The summed E-state index contributed by atoms with van der Waals surface area (Å²) >= 11 is 0. The highest BCUT2D eigenvalue weighted by Crippen LogP contribution is 2.27. The molecule has 0 radical (unpaired) electrons. The number of methoxy groups -OCH3 is 1. The minimum atomic E-state index is -0.583.